The maximum absolute atomic E-state index is 12.9. The highest BCUT2D eigenvalue weighted by atomic mass is 32.2. The summed E-state index contributed by atoms with van der Waals surface area (Å²) in [5.41, 5.74) is 2.60. The second-order valence-corrected chi connectivity index (χ2v) is 9.27. The van der Waals surface area contributed by atoms with Crippen LogP contribution in [-0.2, 0) is 17.1 Å². The predicted octanol–water partition coefficient (Wildman–Crippen LogP) is 5.49. The van der Waals surface area contributed by atoms with Crippen molar-refractivity contribution in [2.75, 3.05) is 11.4 Å². The number of carbonyl (C=O) groups is 2. The Bertz CT molecular complexity index is 1020. The molecule has 154 valence electrons. The Hall–Kier alpha value is -2.57. The molecule has 1 aliphatic rings. The number of benzene rings is 2. The molecule has 6 heteroatoms. The Morgan fingerprint density at radius 2 is 1.97 bits per heavy atom. The van der Waals surface area contributed by atoms with Crippen molar-refractivity contribution < 1.29 is 9.59 Å². The van der Waals surface area contributed by atoms with E-state index < -0.39 is 0 Å². The summed E-state index contributed by atoms with van der Waals surface area (Å²) in [4.78, 5) is 29.2. The van der Waals surface area contributed by atoms with Gasteiger partial charge in [-0.05, 0) is 54.1 Å². The number of carbonyl (C=O) groups excluding carboxylic acids is 2. The van der Waals surface area contributed by atoms with E-state index >= 15 is 0 Å². The fraction of sp³-hybridized carbons (Fsp3) is 0.250. The van der Waals surface area contributed by atoms with Gasteiger partial charge in [0.1, 0.15) is 0 Å². The molecular weight excluding hydrogens is 412 g/mol. The van der Waals surface area contributed by atoms with Gasteiger partial charge >= 0.3 is 0 Å². The normalized spacial score (nSPS) is 14.0. The second-order valence-electron chi connectivity index (χ2n) is 7.22. The van der Waals surface area contributed by atoms with E-state index in [1.165, 1.54) is 4.88 Å². The summed E-state index contributed by atoms with van der Waals surface area (Å²) in [5, 5.41) is 5.11. The Kier molecular flexibility index (Phi) is 6.87. The minimum atomic E-state index is -0.0799. The van der Waals surface area contributed by atoms with Crippen molar-refractivity contribution in [1.82, 2.24) is 5.32 Å². The first-order chi connectivity index (χ1) is 14.7. The van der Waals surface area contributed by atoms with Gasteiger partial charge in [-0.15, -0.1) is 23.1 Å². The summed E-state index contributed by atoms with van der Waals surface area (Å²) >= 11 is 3.41. The summed E-state index contributed by atoms with van der Waals surface area (Å²) in [5.74, 6) is 0.955. The number of rotatable bonds is 7. The van der Waals surface area contributed by atoms with Gasteiger partial charge in [-0.1, -0.05) is 30.3 Å². The number of piperidine rings is 1. The van der Waals surface area contributed by atoms with Gasteiger partial charge in [0.25, 0.3) is 5.91 Å². The van der Waals surface area contributed by atoms with Crippen molar-refractivity contribution in [3.63, 3.8) is 0 Å². The number of amides is 2. The number of anilines is 1. The van der Waals surface area contributed by atoms with Crippen molar-refractivity contribution in [3.8, 4) is 0 Å². The third kappa shape index (κ3) is 5.12. The van der Waals surface area contributed by atoms with E-state index in [0.717, 1.165) is 41.3 Å². The molecule has 0 unspecified atom stereocenters. The van der Waals surface area contributed by atoms with Crippen molar-refractivity contribution in [3.05, 3.63) is 82.0 Å². The van der Waals surface area contributed by atoms with Crippen LogP contribution in [0.3, 0.4) is 0 Å². The van der Waals surface area contributed by atoms with Gasteiger partial charge in [0, 0.05) is 40.7 Å². The van der Waals surface area contributed by atoms with Crippen LogP contribution >= 0.6 is 23.1 Å². The van der Waals surface area contributed by atoms with Gasteiger partial charge in [-0.3, -0.25) is 9.59 Å². The SMILES string of the molecule is O=C(NCc1cccc(N2CCCCC2=O)c1)c1ccccc1SCc1cccs1. The van der Waals surface area contributed by atoms with Crippen LogP contribution in [-0.4, -0.2) is 18.4 Å². The van der Waals surface area contributed by atoms with E-state index in [0.29, 0.717) is 18.5 Å². The molecule has 0 radical (unpaired) electrons. The lowest BCUT2D eigenvalue weighted by molar-refractivity contribution is -0.119. The average Bonchev–Trinajstić information content (AvgIpc) is 3.30. The first-order valence-corrected chi connectivity index (χ1v) is 12.0. The monoisotopic (exact) mass is 436 g/mol. The van der Waals surface area contributed by atoms with Crippen LogP contribution in [0.15, 0.2) is 70.9 Å². The molecule has 0 spiro atoms. The molecule has 0 aliphatic carbocycles. The van der Waals surface area contributed by atoms with Crippen molar-refractivity contribution in [2.45, 2.75) is 36.5 Å². The highest BCUT2D eigenvalue weighted by molar-refractivity contribution is 7.98. The fourth-order valence-corrected chi connectivity index (χ4v) is 5.34. The van der Waals surface area contributed by atoms with Gasteiger partial charge in [0.15, 0.2) is 0 Å². The molecule has 4 nitrogen and oxygen atoms in total. The number of thioether (sulfide) groups is 1. The molecule has 1 aromatic heterocycles. The van der Waals surface area contributed by atoms with E-state index in [1.807, 2.05) is 59.5 Å². The van der Waals surface area contributed by atoms with Gasteiger partial charge in [-0.2, -0.15) is 0 Å². The first-order valence-electron chi connectivity index (χ1n) is 10.1. The molecule has 4 rings (SSSR count). The number of thiophene rings is 1. The van der Waals surface area contributed by atoms with Gasteiger partial charge in [-0.25, -0.2) is 0 Å². The lowest BCUT2D eigenvalue weighted by Gasteiger charge is -2.27. The molecule has 2 heterocycles. The zero-order chi connectivity index (χ0) is 20.8. The molecule has 2 amide bonds. The van der Waals surface area contributed by atoms with Gasteiger partial charge < -0.3 is 10.2 Å². The average molecular weight is 437 g/mol. The van der Waals surface area contributed by atoms with Crippen LogP contribution in [0.4, 0.5) is 5.69 Å². The molecule has 0 bridgehead atoms. The van der Waals surface area contributed by atoms with Crippen LogP contribution in [0.1, 0.15) is 40.1 Å². The smallest absolute Gasteiger partial charge is 0.252 e. The molecule has 0 atom stereocenters. The van der Waals surface area contributed by atoms with Crippen LogP contribution in [0.2, 0.25) is 0 Å². The summed E-state index contributed by atoms with van der Waals surface area (Å²) in [7, 11) is 0. The third-order valence-corrected chi connectivity index (χ3v) is 7.26. The molecule has 1 saturated heterocycles. The molecule has 0 saturated carbocycles. The third-order valence-electron chi connectivity index (χ3n) is 5.08. The Morgan fingerprint density at radius 1 is 1.07 bits per heavy atom. The fourth-order valence-electron chi connectivity index (χ4n) is 3.51. The van der Waals surface area contributed by atoms with Crippen molar-refractivity contribution in [1.29, 1.82) is 0 Å². The maximum Gasteiger partial charge on any atom is 0.252 e. The zero-order valence-electron chi connectivity index (χ0n) is 16.7. The number of hydrogen-bond acceptors (Lipinski definition) is 4. The van der Waals surface area contributed by atoms with Crippen molar-refractivity contribution >= 4 is 40.6 Å². The van der Waals surface area contributed by atoms with Crippen LogP contribution < -0.4 is 10.2 Å². The largest absolute Gasteiger partial charge is 0.348 e. The topological polar surface area (TPSA) is 49.4 Å². The van der Waals surface area contributed by atoms with E-state index in [9.17, 15) is 9.59 Å². The first kappa shape index (κ1) is 20.7. The zero-order valence-corrected chi connectivity index (χ0v) is 18.3. The minimum Gasteiger partial charge on any atom is -0.348 e. The molecule has 3 aromatic rings. The number of nitrogens with zero attached hydrogens (tertiary/aromatic N) is 1. The van der Waals surface area contributed by atoms with E-state index in [4.69, 9.17) is 0 Å². The van der Waals surface area contributed by atoms with Crippen LogP contribution in [0, 0.1) is 0 Å². The Labute approximate surface area is 185 Å². The van der Waals surface area contributed by atoms with Crippen molar-refractivity contribution in [2.24, 2.45) is 0 Å². The molecule has 1 N–H and O–H groups in total. The van der Waals surface area contributed by atoms with Crippen LogP contribution in [0.25, 0.3) is 0 Å². The number of nitrogens with one attached hydrogen (secondary N) is 1. The van der Waals surface area contributed by atoms with E-state index in [1.54, 1.807) is 23.1 Å². The predicted molar refractivity (Wildman–Crippen MR) is 124 cm³/mol. The highest BCUT2D eigenvalue weighted by Crippen LogP contribution is 2.28. The number of hydrogen-bond donors (Lipinski definition) is 1. The Morgan fingerprint density at radius 3 is 2.80 bits per heavy atom. The molecule has 1 aliphatic heterocycles. The lowest BCUT2D eigenvalue weighted by Crippen LogP contribution is -2.35. The maximum atomic E-state index is 12.9. The quantitative estimate of drug-likeness (QED) is 0.499. The summed E-state index contributed by atoms with van der Waals surface area (Å²) in [6.07, 6.45) is 2.61. The van der Waals surface area contributed by atoms with E-state index in [2.05, 4.69) is 16.8 Å². The summed E-state index contributed by atoms with van der Waals surface area (Å²) in [6, 6.07) is 19.8. The van der Waals surface area contributed by atoms with Gasteiger partial charge in [0.05, 0.1) is 5.56 Å². The minimum absolute atomic E-state index is 0.0799. The standard InChI is InChI=1S/C24H24N2O2S2/c27-23-12-3-4-13-26(23)19-8-5-7-18(15-19)16-25-24(28)21-10-1-2-11-22(21)30-17-20-9-6-14-29-20/h1-2,5-11,14-15H,3-4,12-13,16-17H2,(H,25,28). The van der Waals surface area contributed by atoms with Crippen LogP contribution in [0.5, 0.6) is 0 Å². The molecule has 30 heavy (non-hydrogen) atoms. The highest BCUT2D eigenvalue weighted by Gasteiger charge is 2.19. The van der Waals surface area contributed by atoms with E-state index in [-0.39, 0.29) is 11.8 Å². The lowest BCUT2D eigenvalue weighted by atomic mass is 10.1. The summed E-state index contributed by atoms with van der Waals surface area (Å²) in [6.45, 7) is 1.20. The molecule has 1 fully saturated rings. The Balaban J connectivity index is 1.40. The molecule has 2 aromatic carbocycles. The second kappa shape index (κ2) is 9.96. The van der Waals surface area contributed by atoms with Gasteiger partial charge in [0.2, 0.25) is 5.91 Å². The molecular formula is C24H24N2O2S2. The summed E-state index contributed by atoms with van der Waals surface area (Å²) < 4.78 is 0.